The number of rotatable bonds is 5. The molecule has 4 rings (SSSR count). The van der Waals surface area contributed by atoms with E-state index in [0.717, 1.165) is 32.2 Å². The fourth-order valence-electron chi connectivity index (χ4n) is 2.65. The number of benzene rings is 2. The molecule has 0 N–H and O–H groups in total. The van der Waals surface area contributed by atoms with Crippen molar-refractivity contribution in [3.8, 4) is 5.69 Å². The van der Waals surface area contributed by atoms with Gasteiger partial charge in [-0.15, -0.1) is 16.4 Å². The average molecular weight is 418 g/mol. The summed E-state index contributed by atoms with van der Waals surface area (Å²) in [6.45, 7) is 2.09. The quantitative estimate of drug-likeness (QED) is 0.491. The number of nitrogens with zero attached hydrogens (tertiary/aromatic N) is 5. The van der Waals surface area contributed by atoms with Crippen LogP contribution in [-0.2, 0) is 16.3 Å². The Morgan fingerprint density at radius 2 is 2.00 bits per heavy atom. The van der Waals surface area contributed by atoms with Crippen molar-refractivity contribution in [2.45, 2.75) is 27.7 Å². The normalized spacial score (nSPS) is 11.9. The van der Waals surface area contributed by atoms with E-state index in [4.69, 9.17) is 0 Å². The molecule has 0 saturated carbocycles. The Morgan fingerprint density at radius 1 is 1.19 bits per heavy atom. The van der Waals surface area contributed by atoms with Crippen LogP contribution in [0.25, 0.3) is 15.9 Å². The third-order valence-corrected chi connectivity index (χ3v) is 7.11. The molecule has 138 valence electrons. The van der Waals surface area contributed by atoms with Gasteiger partial charge in [0.25, 0.3) is 0 Å². The summed E-state index contributed by atoms with van der Waals surface area (Å²) in [6.07, 6.45) is 2.07. The van der Waals surface area contributed by atoms with E-state index in [1.807, 2.05) is 18.2 Å². The summed E-state index contributed by atoms with van der Waals surface area (Å²) in [5, 5.41) is 12.7. The van der Waals surface area contributed by atoms with Gasteiger partial charge in [-0.3, -0.25) is 0 Å². The Bertz CT molecular complexity index is 1230. The average Bonchev–Trinajstić information content (AvgIpc) is 3.26. The van der Waals surface area contributed by atoms with E-state index >= 15 is 0 Å². The maximum absolute atomic E-state index is 11.8. The summed E-state index contributed by atoms with van der Waals surface area (Å²) >= 11 is 2.78. The first-order valence-corrected chi connectivity index (χ1v) is 11.6. The van der Waals surface area contributed by atoms with Crippen LogP contribution in [-0.4, -0.2) is 39.9 Å². The van der Waals surface area contributed by atoms with Crippen LogP contribution < -0.4 is 0 Å². The highest BCUT2D eigenvalue weighted by Gasteiger charge is 2.16. The van der Waals surface area contributed by atoms with Crippen LogP contribution in [0, 0.1) is 0 Å². The summed E-state index contributed by atoms with van der Waals surface area (Å²) < 4.78 is 26.8. The Morgan fingerprint density at radius 3 is 2.78 bits per heavy atom. The minimum Gasteiger partial charge on any atom is -0.229 e. The number of hydrogen-bond donors (Lipinski definition) is 0. The fourth-order valence-corrected chi connectivity index (χ4v) is 5.36. The molecule has 4 aromatic rings. The van der Waals surface area contributed by atoms with Crippen LogP contribution in [0.5, 0.6) is 0 Å². The highest BCUT2D eigenvalue weighted by atomic mass is 32.2. The maximum atomic E-state index is 11.8. The molecule has 0 aliphatic heterocycles. The first-order chi connectivity index (χ1) is 13.0. The number of para-hydroxylation sites is 1. The molecule has 0 radical (unpaired) electrons. The van der Waals surface area contributed by atoms with E-state index in [1.54, 1.807) is 22.9 Å². The van der Waals surface area contributed by atoms with E-state index < -0.39 is 9.84 Å². The predicted molar refractivity (Wildman–Crippen MR) is 105 cm³/mol. The van der Waals surface area contributed by atoms with Crippen molar-refractivity contribution in [2.75, 3.05) is 6.26 Å². The molecule has 0 atom stereocenters. The number of hydrogen-bond acceptors (Lipinski definition) is 8. The van der Waals surface area contributed by atoms with E-state index in [9.17, 15) is 8.42 Å². The van der Waals surface area contributed by atoms with Crippen LogP contribution in [0.15, 0.2) is 56.9 Å². The number of aryl methyl sites for hydroxylation is 1. The zero-order valence-electron chi connectivity index (χ0n) is 14.5. The fraction of sp³-hybridized carbons (Fsp3) is 0.176. The first kappa shape index (κ1) is 18.1. The SMILES string of the molecule is CCc1ccccc1-n1nnnc1Sc1nc2ccc(S(C)(=O)=O)cc2s1. The Kier molecular flexibility index (Phi) is 4.70. The number of aromatic nitrogens is 5. The van der Waals surface area contributed by atoms with Gasteiger partial charge < -0.3 is 0 Å². The van der Waals surface area contributed by atoms with E-state index in [1.165, 1.54) is 29.4 Å². The minimum atomic E-state index is -3.25. The van der Waals surface area contributed by atoms with E-state index in [2.05, 4.69) is 33.5 Å². The Balaban J connectivity index is 1.71. The molecule has 2 heterocycles. The highest BCUT2D eigenvalue weighted by molar-refractivity contribution is 8.01. The first-order valence-electron chi connectivity index (χ1n) is 8.11. The molecule has 10 heteroatoms. The third kappa shape index (κ3) is 3.60. The molecule has 0 aliphatic rings. The predicted octanol–water partition coefficient (Wildman–Crippen LogP) is 3.39. The Hall–Kier alpha value is -2.30. The summed E-state index contributed by atoms with van der Waals surface area (Å²) in [5.41, 5.74) is 2.84. The second-order valence-electron chi connectivity index (χ2n) is 5.84. The maximum Gasteiger partial charge on any atom is 0.221 e. The van der Waals surface area contributed by atoms with Gasteiger partial charge in [0.05, 0.1) is 20.8 Å². The van der Waals surface area contributed by atoms with Crippen LogP contribution in [0.1, 0.15) is 12.5 Å². The smallest absolute Gasteiger partial charge is 0.221 e. The third-order valence-electron chi connectivity index (χ3n) is 3.99. The number of thiazole rings is 1. The van der Waals surface area contributed by atoms with Crippen molar-refractivity contribution in [3.05, 3.63) is 48.0 Å². The topological polar surface area (TPSA) is 90.6 Å². The van der Waals surface area contributed by atoms with Gasteiger partial charge in [-0.25, -0.2) is 13.4 Å². The molecule has 2 aromatic heterocycles. The molecule has 0 saturated heterocycles. The van der Waals surface area contributed by atoms with Gasteiger partial charge in [-0.2, -0.15) is 4.68 Å². The lowest BCUT2D eigenvalue weighted by Crippen LogP contribution is -2.02. The van der Waals surface area contributed by atoms with Crippen LogP contribution in [0.4, 0.5) is 0 Å². The molecule has 7 nitrogen and oxygen atoms in total. The second-order valence-corrected chi connectivity index (χ2v) is 10.1. The van der Waals surface area contributed by atoms with Gasteiger partial charge in [0.15, 0.2) is 14.2 Å². The van der Waals surface area contributed by atoms with E-state index in [-0.39, 0.29) is 4.90 Å². The monoisotopic (exact) mass is 417 g/mol. The number of fused-ring (bicyclic) bond motifs is 1. The zero-order chi connectivity index (χ0) is 19.0. The molecule has 27 heavy (non-hydrogen) atoms. The van der Waals surface area contributed by atoms with Gasteiger partial charge in [0, 0.05) is 6.26 Å². The van der Waals surface area contributed by atoms with Gasteiger partial charge in [0.2, 0.25) is 5.16 Å². The summed E-state index contributed by atoms with van der Waals surface area (Å²) in [7, 11) is -3.25. The molecular formula is C17H15N5O2S3. The number of tetrazole rings is 1. The minimum absolute atomic E-state index is 0.289. The molecule has 0 aliphatic carbocycles. The lowest BCUT2D eigenvalue weighted by molar-refractivity contribution is 0.602. The summed E-state index contributed by atoms with van der Waals surface area (Å²) in [5.74, 6) is 0. The molecule has 0 amide bonds. The van der Waals surface area contributed by atoms with Crippen molar-refractivity contribution >= 4 is 43.2 Å². The van der Waals surface area contributed by atoms with Crippen LogP contribution in [0.3, 0.4) is 0 Å². The van der Waals surface area contributed by atoms with Gasteiger partial charge in [0.1, 0.15) is 0 Å². The van der Waals surface area contributed by atoms with Crippen molar-refractivity contribution < 1.29 is 8.42 Å². The molecule has 0 unspecified atom stereocenters. The summed E-state index contributed by atoms with van der Waals surface area (Å²) in [4.78, 5) is 4.85. The zero-order valence-corrected chi connectivity index (χ0v) is 17.0. The number of sulfone groups is 1. The van der Waals surface area contributed by atoms with Gasteiger partial charge >= 0.3 is 0 Å². The lowest BCUT2D eigenvalue weighted by atomic mass is 10.1. The van der Waals surface area contributed by atoms with Crippen molar-refractivity contribution in [2.24, 2.45) is 0 Å². The van der Waals surface area contributed by atoms with Crippen LogP contribution >= 0.6 is 23.1 Å². The molecule has 2 aromatic carbocycles. The highest BCUT2D eigenvalue weighted by Crippen LogP contribution is 2.35. The molecule has 0 fully saturated rings. The second kappa shape index (κ2) is 7.02. The summed E-state index contributed by atoms with van der Waals surface area (Å²) in [6, 6.07) is 12.9. The largest absolute Gasteiger partial charge is 0.229 e. The van der Waals surface area contributed by atoms with Crippen molar-refractivity contribution in [1.29, 1.82) is 0 Å². The van der Waals surface area contributed by atoms with Crippen LogP contribution in [0.2, 0.25) is 0 Å². The standard InChI is InChI=1S/C17H15N5O2S3/c1-3-11-6-4-5-7-14(11)22-16(19-20-21-22)26-17-18-13-9-8-12(27(2,23)24)10-15(13)25-17/h4-10H,3H2,1-2H3. The van der Waals surface area contributed by atoms with E-state index in [0.29, 0.717) is 5.16 Å². The van der Waals surface area contributed by atoms with Crippen molar-refractivity contribution in [1.82, 2.24) is 25.2 Å². The lowest BCUT2D eigenvalue weighted by Gasteiger charge is -2.07. The van der Waals surface area contributed by atoms with Crippen molar-refractivity contribution in [3.63, 3.8) is 0 Å². The molecule has 0 bridgehead atoms. The molecule has 0 spiro atoms. The molecular weight excluding hydrogens is 402 g/mol. The van der Waals surface area contributed by atoms with Gasteiger partial charge in [-0.1, -0.05) is 25.1 Å². The van der Waals surface area contributed by atoms with Gasteiger partial charge in [-0.05, 0) is 58.4 Å². The Labute approximate surface area is 164 Å².